The molecule has 0 radical (unpaired) electrons. The van der Waals surface area contributed by atoms with Crippen LogP contribution in [-0.2, 0) is 117 Å². The monoisotopic (exact) mass is 2100 g/mol. The second-order valence-electron chi connectivity index (χ2n) is 36.0. The van der Waals surface area contributed by atoms with Crippen LogP contribution in [0.1, 0.15) is 88.0 Å². The Morgan fingerprint density at radius 1 is 0.631 bits per heavy atom. The fraction of sp³-hybridized carbons (Fsp3) is 0.486. The molecule has 7 heterocycles. The van der Waals surface area contributed by atoms with Crippen molar-refractivity contribution in [2.24, 2.45) is 12.8 Å². The number of aldehydes is 1. The maximum Gasteiger partial charge on any atom is 0.332 e. The fourth-order valence-electron chi connectivity index (χ4n) is 17.2. The molecule has 1 saturated carbocycles. The van der Waals surface area contributed by atoms with Crippen LogP contribution in [0.15, 0.2) is 170 Å². The highest BCUT2D eigenvalue weighted by Gasteiger charge is 2.47. The molecule has 3 aromatic heterocycles. The average Bonchev–Trinajstić information content (AvgIpc) is 1.73. The van der Waals surface area contributed by atoms with Gasteiger partial charge >= 0.3 is 12.0 Å². The van der Waals surface area contributed by atoms with Gasteiger partial charge in [0.2, 0.25) is 41.4 Å². The molecule has 5 aliphatic rings. The summed E-state index contributed by atoms with van der Waals surface area (Å²) in [6, 6.07) is 35.7. The SMILES string of the molecule is COCCOCCOCCOCCOCCOCCOCCOCCC(=O)N[C@@H](CC(N)=O)C(=O)NCC(=O)NCOC[C@](OC1CC1)(c1ccccc1)c1nc(N2CCC(N3CCC(C)(NCC#Cc4ccc(OC)c(N5CCC(=O)N(CNC(C(=O)O)C(C=O)NC(=O)CCOCCOCCN6C(=O)C(Sc7ccccc7)=C(Sc7ccccc7)C6=O)C5=O)c4)CC3)CC2)nc2ccc(-c3cn(C)c(=O)c4[nH]ccc34)cc12. The zero-order valence-corrected chi connectivity index (χ0v) is 85.9. The summed E-state index contributed by atoms with van der Waals surface area (Å²) in [6.45, 7) is 9.15. The number of aryl methyl sites for hydroxylation is 1. The molecule has 44 heteroatoms. The first kappa shape index (κ1) is 114. The number of nitrogens with one attached hydrogen (secondary N) is 7. The molecule has 800 valence electrons. The summed E-state index contributed by atoms with van der Waals surface area (Å²) in [5.74, 6) is 0.580. The molecule has 0 bridgehead atoms. The smallest absolute Gasteiger partial charge is 0.332 e. The van der Waals surface area contributed by atoms with Crippen LogP contribution in [0.5, 0.6) is 5.75 Å². The number of pyridine rings is 1. The van der Waals surface area contributed by atoms with Crippen LogP contribution in [-0.4, -0.2) is 353 Å². The van der Waals surface area contributed by atoms with Crippen LogP contribution in [0, 0.1) is 11.8 Å². The van der Waals surface area contributed by atoms with Gasteiger partial charge in [-0.1, -0.05) is 108 Å². The van der Waals surface area contributed by atoms with Gasteiger partial charge < -0.3 is 123 Å². The maximum absolute atomic E-state index is 14.3. The molecule has 0 spiro atoms. The van der Waals surface area contributed by atoms with Crippen molar-refractivity contribution in [1.82, 2.24) is 66.1 Å². The van der Waals surface area contributed by atoms with Gasteiger partial charge in [-0.2, -0.15) is 0 Å². The molecule has 149 heavy (non-hydrogen) atoms. The average molecular weight is 2100 g/mol. The van der Waals surface area contributed by atoms with E-state index >= 15 is 0 Å². The lowest BCUT2D eigenvalue weighted by Crippen LogP contribution is -2.60. The zero-order chi connectivity index (χ0) is 105. The van der Waals surface area contributed by atoms with E-state index in [1.165, 1.54) is 35.5 Å². The number of piperidine rings is 2. The van der Waals surface area contributed by atoms with Crippen molar-refractivity contribution in [1.29, 1.82) is 0 Å². The number of nitrogens with zero attached hydrogens (tertiary/aromatic N) is 8. The lowest BCUT2D eigenvalue weighted by Gasteiger charge is -2.45. The van der Waals surface area contributed by atoms with E-state index in [9.17, 15) is 62.6 Å². The molecule has 42 nitrogen and oxygen atoms in total. The van der Waals surface area contributed by atoms with Gasteiger partial charge in [-0.15, -0.1) is 0 Å². The molecule has 10 amide bonds. The van der Waals surface area contributed by atoms with E-state index in [1.807, 2.05) is 121 Å². The number of urea groups is 1. The number of ether oxygens (including phenoxy) is 13. The highest BCUT2D eigenvalue weighted by Crippen LogP contribution is 2.46. The Hall–Kier alpha value is -12.5. The number of carboxylic acids is 1. The van der Waals surface area contributed by atoms with Gasteiger partial charge in [-0.25, -0.2) is 14.8 Å². The van der Waals surface area contributed by atoms with Crippen LogP contribution >= 0.6 is 23.5 Å². The van der Waals surface area contributed by atoms with Gasteiger partial charge in [0.25, 0.3) is 17.4 Å². The maximum atomic E-state index is 14.3. The topological polar surface area (TPSA) is 506 Å². The summed E-state index contributed by atoms with van der Waals surface area (Å²) in [4.78, 5) is 184. The molecule has 8 aromatic rings. The molecule has 4 aliphatic heterocycles. The van der Waals surface area contributed by atoms with Crippen molar-refractivity contribution >= 4 is 123 Å². The number of hydrogen-bond acceptors (Lipinski definition) is 33. The number of amides is 10. The van der Waals surface area contributed by atoms with Crippen LogP contribution in [0.2, 0.25) is 0 Å². The second-order valence-corrected chi connectivity index (χ2v) is 38.1. The van der Waals surface area contributed by atoms with E-state index in [0.29, 0.717) is 159 Å². The quantitative estimate of drug-likeness (QED) is 0.00744. The molecule has 10 N–H and O–H groups in total. The van der Waals surface area contributed by atoms with Crippen LogP contribution < -0.4 is 57.7 Å². The third-order valence-electron chi connectivity index (χ3n) is 25.4. The Labute approximate surface area is 871 Å². The molecule has 4 fully saturated rings. The Bertz CT molecular complexity index is 5920. The number of fused-ring (bicyclic) bond motifs is 2. The van der Waals surface area contributed by atoms with Gasteiger partial charge in [0, 0.05) is 122 Å². The Balaban J connectivity index is 0.560. The first-order chi connectivity index (χ1) is 72.4. The number of aromatic nitrogens is 4. The first-order valence-electron chi connectivity index (χ1n) is 49.8. The minimum absolute atomic E-state index is 0.00621. The third-order valence-corrected chi connectivity index (χ3v) is 27.7. The van der Waals surface area contributed by atoms with Crippen molar-refractivity contribution in [2.45, 2.75) is 122 Å². The summed E-state index contributed by atoms with van der Waals surface area (Å²) < 4.78 is 75.8. The highest BCUT2D eigenvalue weighted by molar-refractivity contribution is 8.08. The predicted molar refractivity (Wildman–Crippen MR) is 552 cm³/mol. The van der Waals surface area contributed by atoms with Crippen molar-refractivity contribution in [3.05, 3.63) is 183 Å². The van der Waals surface area contributed by atoms with Gasteiger partial charge in [0.15, 0.2) is 5.60 Å². The molecular weight excluding hydrogens is 1970 g/mol. The van der Waals surface area contributed by atoms with E-state index in [4.69, 9.17) is 77.3 Å². The Morgan fingerprint density at radius 2 is 1.21 bits per heavy atom. The lowest BCUT2D eigenvalue weighted by atomic mass is 9.87. The number of aliphatic carboxylic acids is 1. The molecule has 5 aromatic carbocycles. The number of carbonyl (C=O) groups is 11. The number of likely N-dealkylation sites (tertiary alicyclic amines) is 1. The molecule has 4 atom stereocenters. The number of anilines is 2. The number of carbonyl (C=O) groups excluding carboxylic acids is 10. The second kappa shape index (κ2) is 58.6. The normalized spacial score (nSPS) is 16.1. The number of rotatable bonds is 65. The number of hydrogen-bond donors (Lipinski definition) is 9. The number of aromatic amines is 1. The van der Waals surface area contributed by atoms with E-state index in [1.54, 1.807) is 43.1 Å². The number of carboxylic acid groups (broad SMARTS) is 1. The summed E-state index contributed by atoms with van der Waals surface area (Å²) in [5.41, 5.74) is 8.36. The van der Waals surface area contributed by atoms with Gasteiger partial charge in [-0.05, 0) is 117 Å². The van der Waals surface area contributed by atoms with Crippen molar-refractivity contribution in [3.8, 4) is 28.7 Å². The van der Waals surface area contributed by atoms with Gasteiger partial charge in [0.05, 0.1) is 205 Å². The Kier molecular flexibility index (Phi) is 44.7. The van der Waals surface area contributed by atoms with E-state index in [-0.39, 0.29) is 121 Å². The molecule has 13 rings (SSSR count). The van der Waals surface area contributed by atoms with Crippen molar-refractivity contribution in [2.75, 3.05) is 222 Å². The fourth-order valence-corrected chi connectivity index (χ4v) is 19.2. The lowest BCUT2D eigenvalue weighted by molar-refractivity contribution is -0.142. The third kappa shape index (κ3) is 33.5. The Morgan fingerprint density at radius 3 is 1.78 bits per heavy atom. The zero-order valence-electron chi connectivity index (χ0n) is 84.2. The predicted octanol–water partition coefficient (Wildman–Crippen LogP) is 5.52. The number of thioether (sulfide) groups is 2. The minimum atomic E-state index is -1.78. The van der Waals surface area contributed by atoms with Crippen LogP contribution in [0.3, 0.4) is 0 Å². The van der Waals surface area contributed by atoms with Gasteiger partial charge in [-0.3, -0.25) is 68.0 Å². The van der Waals surface area contributed by atoms with E-state index < -0.39 is 103 Å². The number of primary amides is 1. The minimum Gasteiger partial charge on any atom is -0.495 e. The number of nitrogens with two attached hydrogens (primary N) is 1. The van der Waals surface area contributed by atoms with E-state index in [2.05, 4.69) is 65.4 Å². The summed E-state index contributed by atoms with van der Waals surface area (Å²) in [6.07, 6.45) is 7.25. The van der Waals surface area contributed by atoms with Crippen molar-refractivity contribution < 1.29 is 119 Å². The molecular formula is C105H132N16O26S2. The van der Waals surface area contributed by atoms with E-state index in [0.717, 1.165) is 87.7 Å². The number of methoxy groups -OCH3 is 2. The summed E-state index contributed by atoms with van der Waals surface area (Å²) in [7, 11) is 4.76. The summed E-state index contributed by atoms with van der Waals surface area (Å²) >= 11 is 2.44. The number of H-pyrrole nitrogens is 1. The molecule has 2 unspecified atom stereocenters. The van der Waals surface area contributed by atoms with Crippen LogP contribution in [0.25, 0.3) is 32.9 Å². The number of imide groups is 2. The standard InChI is InChI=1S/C105H132N16O26S2/c1-104(111-36-14-15-72-22-27-86(136-4)85(63-72)119-40-31-91(127)121(103(119)134)70-109-93(101(132)133)84(68-122)113-89(125)33-45-137-49-51-139-46-43-120-99(130)94(148-77-18-10-6-11-19-77)95(100(120)131)149-78-20-12-7-13-21-78)34-41-117(42-35-104)75-29-38-118(39-30-75)102-114-82-26-23-73(81-67-116(2)98(129)92-79(81)28-37-107-92)64-80(82)96(115-102)105(147-76-24-25-76,74-16-8-5-9-17-74)69-146-71-110-90(126)66-108-97(128)83(65-87(106)123)112-88(124)32-44-138-50-52-141-55-56-143-59-60-145-62-61-144-58-57-142-54-53-140-48-47-135-3/h5-13,16-23,26-28,37,63-64,67-68,75-76,83-84,93,107,109,111H,24-25,29-36,38-62,65-66,69-71H2,1-4H3,(H2,106,123)(H,108,128)(H,110,126)(H,112,124)(H,113,125)(H,132,133)/t83-,84?,93?,105-/m0/s1. The van der Waals surface area contributed by atoms with Gasteiger partial charge in [0.1, 0.15) is 42.4 Å². The molecule has 1 aliphatic carbocycles. The van der Waals surface area contributed by atoms with Crippen LogP contribution in [0.4, 0.5) is 16.4 Å². The molecule has 3 saturated heterocycles. The highest BCUT2D eigenvalue weighted by atomic mass is 32.2. The number of benzene rings is 5. The first-order valence-corrected chi connectivity index (χ1v) is 51.5. The summed E-state index contributed by atoms with van der Waals surface area (Å²) in [5, 5.41) is 28.2. The van der Waals surface area contributed by atoms with Crippen molar-refractivity contribution in [3.63, 3.8) is 0 Å². The largest absolute Gasteiger partial charge is 0.495 e.